The lowest BCUT2D eigenvalue weighted by molar-refractivity contribution is 0.555. The standard InChI is InChI=1S/C28H46/c1-23(2)13-10-14-24(3)15-11-16-25(4)17-12-18-26(5)21-22-28-20-9-7-8-19-27(28)6/h13,15,17,21,28H,6-12,14,16,18-20,22H2,1-5H3. The Bertz CT molecular complexity index is 575. The van der Waals surface area contributed by atoms with E-state index in [2.05, 4.69) is 65.5 Å². The van der Waals surface area contributed by atoms with Crippen molar-refractivity contribution in [2.24, 2.45) is 5.92 Å². The number of hydrogen-bond donors (Lipinski definition) is 0. The molecule has 0 spiro atoms. The highest BCUT2D eigenvalue weighted by atomic mass is 14.2. The van der Waals surface area contributed by atoms with Crippen LogP contribution in [0.25, 0.3) is 0 Å². The van der Waals surface area contributed by atoms with Gasteiger partial charge in [0, 0.05) is 0 Å². The molecule has 1 fully saturated rings. The molecule has 0 amide bonds. The Morgan fingerprint density at radius 1 is 0.750 bits per heavy atom. The predicted octanol–water partition coefficient (Wildman–Crippen LogP) is 9.66. The Hall–Kier alpha value is -1.30. The maximum absolute atomic E-state index is 4.34. The monoisotopic (exact) mass is 382 g/mol. The van der Waals surface area contributed by atoms with Crippen LogP contribution in [0.2, 0.25) is 0 Å². The summed E-state index contributed by atoms with van der Waals surface area (Å²) >= 11 is 0. The summed E-state index contributed by atoms with van der Waals surface area (Å²) in [6.45, 7) is 15.6. The second kappa shape index (κ2) is 14.7. The molecule has 0 nitrogen and oxygen atoms in total. The van der Waals surface area contributed by atoms with Crippen LogP contribution in [0, 0.1) is 5.92 Å². The highest BCUT2D eigenvalue weighted by Crippen LogP contribution is 2.30. The molecule has 1 unspecified atom stereocenters. The van der Waals surface area contributed by atoms with E-state index >= 15 is 0 Å². The minimum Gasteiger partial charge on any atom is -0.0996 e. The molecule has 1 aliphatic rings. The topological polar surface area (TPSA) is 0 Å². The van der Waals surface area contributed by atoms with Crippen LogP contribution in [-0.4, -0.2) is 0 Å². The molecule has 0 saturated heterocycles. The third-order valence-corrected chi connectivity index (χ3v) is 6.03. The van der Waals surface area contributed by atoms with Crippen molar-refractivity contribution < 1.29 is 0 Å². The van der Waals surface area contributed by atoms with Gasteiger partial charge in [-0.2, -0.15) is 0 Å². The summed E-state index contributed by atoms with van der Waals surface area (Å²) < 4.78 is 0. The van der Waals surface area contributed by atoms with E-state index in [4.69, 9.17) is 0 Å². The van der Waals surface area contributed by atoms with Crippen LogP contribution < -0.4 is 0 Å². The Balaban J connectivity index is 2.27. The Labute approximate surface area is 176 Å². The first-order valence-electron chi connectivity index (χ1n) is 11.7. The summed E-state index contributed by atoms with van der Waals surface area (Å²) in [5.74, 6) is 0.737. The van der Waals surface area contributed by atoms with Gasteiger partial charge in [0.05, 0.1) is 0 Å². The molecule has 0 aromatic rings. The highest BCUT2D eigenvalue weighted by molar-refractivity contribution is 5.09. The second-order valence-electron chi connectivity index (χ2n) is 9.24. The third-order valence-electron chi connectivity index (χ3n) is 6.03. The summed E-state index contributed by atoms with van der Waals surface area (Å²) in [5.41, 5.74) is 7.55. The summed E-state index contributed by atoms with van der Waals surface area (Å²) in [7, 11) is 0. The molecule has 1 rings (SSSR count). The van der Waals surface area contributed by atoms with E-state index in [0.717, 1.165) is 5.92 Å². The van der Waals surface area contributed by atoms with Gasteiger partial charge in [-0.15, -0.1) is 0 Å². The van der Waals surface area contributed by atoms with Gasteiger partial charge >= 0.3 is 0 Å². The van der Waals surface area contributed by atoms with Gasteiger partial charge in [-0.3, -0.25) is 0 Å². The normalized spacial score (nSPS) is 19.5. The van der Waals surface area contributed by atoms with Crippen molar-refractivity contribution in [1.82, 2.24) is 0 Å². The van der Waals surface area contributed by atoms with E-state index in [9.17, 15) is 0 Å². The third kappa shape index (κ3) is 12.2. The molecule has 0 aliphatic heterocycles. The van der Waals surface area contributed by atoms with Gasteiger partial charge in [0.15, 0.2) is 0 Å². The van der Waals surface area contributed by atoms with Gasteiger partial charge in [0.2, 0.25) is 0 Å². The van der Waals surface area contributed by atoms with Crippen molar-refractivity contribution in [2.75, 3.05) is 0 Å². The van der Waals surface area contributed by atoms with Gasteiger partial charge in [-0.1, -0.05) is 71.6 Å². The molecule has 1 atom stereocenters. The molecule has 0 heteroatoms. The molecule has 1 saturated carbocycles. The Morgan fingerprint density at radius 2 is 1.29 bits per heavy atom. The zero-order chi connectivity index (χ0) is 20.8. The number of rotatable bonds is 11. The van der Waals surface area contributed by atoms with Crippen LogP contribution in [0.15, 0.2) is 58.7 Å². The fourth-order valence-corrected chi connectivity index (χ4v) is 3.94. The van der Waals surface area contributed by atoms with Crippen LogP contribution >= 0.6 is 0 Å². The van der Waals surface area contributed by atoms with Crippen molar-refractivity contribution in [3.63, 3.8) is 0 Å². The SMILES string of the molecule is C=C1CCCCCC1CC=C(C)CCC=C(C)CCC=C(C)CCC=C(C)C. The molecule has 0 heterocycles. The summed E-state index contributed by atoms with van der Waals surface area (Å²) in [4.78, 5) is 0. The van der Waals surface area contributed by atoms with Crippen LogP contribution in [0.3, 0.4) is 0 Å². The molecule has 0 bridgehead atoms. The van der Waals surface area contributed by atoms with Gasteiger partial charge < -0.3 is 0 Å². The molecule has 0 aromatic heterocycles. The van der Waals surface area contributed by atoms with Crippen LogP contribution in [0.4, 0.5) is 0 Å². The van der Waals surface area contributed by atoms with Crippen molar-refractivity contribution in [2.45, 2.75) is 112 Å². The van der Waals surface area contributed by atoms with Gasteiger partial charge in [-0.05, 0) is 105 Å². The molecule has 158 valence electrons. The smallest absolute Gasteiger partial charge is 0.0171 e. The molecule has 0 aromatic carbocycles. The molecule has 0 N–H and O–H groups in total. The van der Waals surface area contributed by atoms with Crippen molar-refractivity contribution in [3.8, 4) is 0 Å². The van der Waals surface area contributed by atoms with E-state index < -0.39 is 0 Å². The minimum atomic E-state index is 0.737. The second-order valence-corrected chi connectivity index (χ2v) is 9.24. The lowest BCUT2D eigenvalue weighted by Gasteiger charge is -2.15. The summed E-state index contributed by atoms with van der Waals surface area (Å²) in [6.07, 6.45) is 24.8. The van der Waals surface area contributed by atoms with Gasteiger partial charge in [-0.25, -0.2) is 0 Å². The van der Waals surface area contributed by atoms with Crippen LogP contribution in [0.5, 0.6) is 0 Å². The van der Waals surface area contributed by atoms with Crippen LogP contribution in [-0.2, 0) is 0 Å². The van der Waals surface area contributed by atoms with Crippen molar-refractivity contribution in [1.29, 1.82) is 0 Å². The lowest BCUT2D eigenvalue weighted by atomic mass is 9.91. The van der Waals surface area contributed by atoms with E-state index in [0.29, 0.717) is 0 Å². The van der Waals surface area contributed by atoms with Gasteiger partial charge in [0.25, 0.3) is 0 Å². The molecular formula is C28H46. The summed E-state index contributed by atoms with van der Waals surface area (Å²) in [5, 5.41) is 0. The number of allylic oxidation sites excluding steroid dienone is 9. The van der Waals surface area contributed by atoms with Crippen molar-refractivity contribution >= 4 is 0 Å². The quantitative estimate of drug-likeness (QED) is 0.246. The molecule has 1 aliphatic carbocycles. The average Bonchev–Trinajstić information content (AvgIpc) is 2.83. The average molecular weight is 383 g/mol. The molecular weight excluding hydrogens is 336 g/mol. The molecule has 0 radical (unpaired) electrons. The zero-order valence-corrected chi connectivity index (χ0v) is 19.6. The highest BCUT2D eigenvalue weighted by Gasteiger charge is 2.14. The largest absolute Gasteiger partial charge is 0.0996 e. The maximum atomic E-state index is 4.34. The maximum Gasteiger partial charge on any atom is -0.0171 e. The summed E-state index contributed by atoms with van der Waals surface area (Å²) in [6, 6.07) is 0. The van der Waals surface area contributed by atoms with E-state index in [-0.39, 0.29) is 0 Å². The predicted molar refractivity (Wildman–Crippen MR) is 129 cm³/mol. The van der Waals surface area contributed by atoms with E-state index in [1.165, 1.54) is 93.8 Å². The lowest BCUT2D eigenvalue weighted by Crippen LogP contribution is -2.00. The zero-order valence-electron chi connectivity index (χ0n) is 19.6. The minimum absolute atomic E-state index is 0.737. The first-order chi connectivity index (χ1) is 13.4. The molecule has 28 heavy (non-hydrogen) atoms. The fourth-order valence-electron chi connectivity index (χ4n) is 3.94. The van der Waals surface area contributed by atoms with Crippen LogP contribution in [0.1, 0.15) is 112 Å². The Kier molecular flexibility index (Phi) is 13.0. The number of hydrogen-bond acceptors (Lipinski definition) is 0. The fraction of sp³-hybridized carbons (Fsp3) is 0.643. The van der Waals surface area contributed by atoms with E-state index in [1.54, 1.807) is 11.1 Å². The Morgan fingerprint density at radius 3 is 1.86 bits per heavy atom. The van der Waals surface area contributed by atoms with Gasteiger partial charge in [0.1, 0.15) is 0 Å². The van der Waals surface area contributed by atoms with Crippen molar-refractivity contribution in [3.05, 3.63) is 58.7 Å². The first-order valence-corrected chi connectivity index (χ1v) is 11.7. The van der Waals surface area contributed by atoms with E-state index in [1.807, 2.05) is 0 Å². The first kappa shape index (κ1) is 24.7.